The normalized spacial score (nSPS) is 14.3. The van der Waals surface area contributed by atoms with Gasteiger partial charge in [-0.2, -0.15) is 0 Å². The lowest BCUT2D eigenvalue weighted by molar-refractivity contribution is -0.123. The molecule has 0 aromatic heterocycles. The van der Waals surface area contributed by atoms with Gasteiger partial charge in [-0.1, -0.05) is 42.0 Å². The molecule has 0 atom stereocenters. The molecule has 3 aromatic carbocycles. The van der Waals surface area contributed by atoms with E-state index in [9.17, 15) is 18.8 Å². The third-order valence-corrected chi connectivity index (χ3v) is 5.83. The number of carbonyl (C=O) groups is 3. The van der Waals surface area contributed by atoms with E-state index in [1.807, 2.05) is 31.2 Å². The number of urea groups is 1. The van der Waals surface area contributed by atoms with E-state index in [1.165, 1.54) is 24.3 Å². The van der Waals surface area contributed by atoms with E-state index >= 15 is 0 Å². The van der Waals surface area contributed by atoms with Gasteiger partial charge in [0.1, 0.15) is 17.3 Å². The molecular formula is C26H21BrFN3O4. The minimum absolute atomic E-state index is 0.0735. The summed E-state index contributed by atoms with van der Waals surface area (Å²) in [5, 5.41) is 5.28. The van der Waals surface area contributed by atoms with Gasteiger partial charge >= 0.3 is 6.03 Å². The lowest BCUT2D eigenvalue weighted by atomic mass is 10.1. The van der Waals surface area contributed by atoms with Gasteiger partial charge in [-0.25, -0.2) is 9.18 Å². The van der Waals surface area contributed by atoms with Gasteiger partial charge in [0.25, 0.3) is 11.8 Å². The molecule has 1 aliphatic heterocycles. The molecule has 0 unspecified atom stereocenters. The Morgan fingerprint density at radius 2 is 1.86 bits per heavy atom. The first-order chi connectivity index (χ1) is 16.8. The molecule has 0 bridgehead atoms. The van der Waals surface area contributed by atoms with Crippen LogP contribution in [0.2, 0.25) is 0 Å². The standard InChI is InChI=1S/C26H21BrFN3O4/c1-16-6-9-19(10-7-16)29-24(32)15-35-23-11-8-17(12-20(23)27)13-22-25(33)31(26(34)30-22)14-18-4-2-3-5-21(18)28/h2-13H,14-15H2,1H3,(H,29,32)(H,30,34). The number of anilines is 1. The minimum atomic E-state index is -0.622. The topological polar surface area (TPSA) is 87.7 Å². The molecule has 178 valence electrons. The van der Waals surface area contributed by atoms with Crippen LogP contribution in [0, 0.1) is 12.7 Å². The van der Waals surface area contributed by atoms with Crippen LogP contribution < -0.4 is 15.4 Å². The summed E-state index contributed by atoms with van der Waals surface area (Å²) >= 11 is 3.40. The number of carbonyl (C=O) groups excluding carboxylic acids is 3. The molecule has 4 amide bonds. The van der Waals surface area contributed by atoms with Crippen molar-refractivity contribution in [2.75, 3.05) is 11.9 Å². The molecule has 0 spiro atoms. The third-order valence-electron chi connectivity index (χ3n) is 5.21. The second-order valence-corrected chi connectivity index (χ2v) is 8.72. The number of imide groups is 1. The van der Waals surface area contributed by atoms with Crippen LogP contribution in [0.3, 0.4) is 0 Å². The first kappa shape index (κ1) is 24.2. The van der Waals surface area contributed by atoms with E-state index in [0.717, 1.165) is 10.5 Å². The Kier molecular flexibility index (Phi) is 7.26. The van der Waals surface area contributed by atoms with Crippen LogP contribution in [0.1, 0.15) is 16.7 Å². The van der Waals surface area contributed by atoms with Crippen molar-refractivity contribution in [3.63, 3.8) is 0 Å². The van der Waals surface area contributed by atoms with Crippen molar-refractivity contribution in [1.82, 2.24) is 10.2 Å². The summed E-state index contributed by atoms with van der Waals surface area (Å²) in [5.41, 5.74) is 2.70. The second-order valence-electron chi connectivity index (χ2n) is 7.86. The number of hydrogen-bond donors (Lipinski definition) is 2. The summed E-state index contributed by atoms with van der Waals surface area (Å²) in [7, 11) is 0. The van der Waals surface area contributed by atoms with Gasteiger partial charge in [-0.05, 0) is 64.8 Å². The highest BCUT2D eigenvalue weighted by Gasteiger charge is 2.34. The van der Waals surface area contributed by atoms with Gasteiger partial charge in [-0.15, -0.1) is 0 Å². The van der Waals surface area contributed by atoms with Crippen LogP contribution in [-0.4, -0.2) is 29.4 Å². The maximum Gasteiger partial charge on any atom is 0.329 e. The van der Waals surface area contributed by atoms with Gasteiger partial charge in [0.05, 0.1) is 11.0 Å². The van der Waals surface area contributed by atoms with Crippen molar-refractivity contribution in [1.29, 1.82) is 0 Å². The summed E-state index contributed by atoms with van der Waals surface area (Å²) < 4.78 is 20.1. The largest absolute Gasteiger partial charge is 0.483 e. The average Bonchev–Trinajstić information content (AvgIpc) is 3.08. The van der Waals surface area contributed by atoms with Crippen molar-refractivity contribution < 1.29 is 23.5 Å². The zero-order valence-corrected chi connectivity index (χ0v) is 20.3. The Morgan fingerprint density at radius 1 is 1.11 bits per heavy atom. The molecule has 9 heteroatoms. The number of ether oxygens (including phenoxy) is 1. The molecule has 0 aliphatic carbocycles. The van der Waals surface area contributed by atoms with Gasteiger partial charge in [0, 0.05) is 11.3 Å². The van der Waals surface area contributed by atoms with Crippen LogP contribution in [0.15, 0.2) is 76.9 Å². The van der Waals surface area contributed by atoms with E-state index in [2.05, 4.69) is 26.6 Å². The number of amides is 4. The van der Waals surface area contributed by atoms with E-state index in [-0.39, 0.29) is 30.3 Å². The highest BCUT2D eigenvalue weighted by molar-refractivity contribution is 9.10. The Bertz CT molecular complexity index is 1320. The summed E-state index contributed by atoms with van der Waals surface area (Å²) in [6, 6.07) is 17.8. The van der Waals surface area contributed by atoms with E-state index < -0.39 is 17.8 Å². The molecule has 1 aliphatic rings. The number of benzene rings is 3. The van der Waals surface area contributed by atoms with Crippen LogP contribution in [0.4, 0.5) is 14.9 Å². The zero-order valence-electron chi connectivity index (χ0n) is 18.7. The molecule has 3 aromatic rings. The van der Waals surface area contributed by atoms with Gasteiger partial charge in [0.15, 0.2) is 6.61 Å². The Balaban J connectivity index is 1.39. The SMILES string of the molecule is Cc1ccc(NC(=O)COc2ccc(C=C3NC(=O)N(Cc4ccccc4F)C3=O)cc2Br)cc1. The third kappa shape index (κ3) is 5.93. The van der Waals surface area contributed by atoms with Gasteiger partial charge < -0.3 is 15.4 Å². The van der Waals surface area contributed by atoms with Crippen LogP contribution in [0.5, 0.6) is 5.75 Å². The molecule has 35 heavy (non-hydrogen) atoms. The van der Waals surface area contributed by atoms with E-state index in [0.29, 0.717) is 21.5 Å². The lowest BCUT2D eigenvalue weighted by Crippen LogP contribution is -2.30. The summed E-state index contributed by atoms with van der Waals surface area (Å²) in [4.78, 5) is 38.1. The lowest BCUT2D eigenvalue weighted by Gasteiger charge is -2.12. The molecule has 1 heterocycles. The van der Waals surface area contributed by atoms with E-state index in [1.54, 1.807) is 24.3 Å². The Labute approximate surface area is 209 Å². The summed E-state index contributed by atoms with van der Waals surface area (Å²) in [6.45, 7) is 1.60. The highest BCUT2D eigenvalue weighted by Crippen LogP contribution is 2.28. The quantitative estimate of drug-likeness (QED) is 0.327. The molecule has 0 radical (unpaired) electrons. The fourth-order valence-corrected chi connectivity index (χ4v) is 3.89. The van der Waals surface area contributed by atoms with E-state index in [4.69, 9.17) is 4.74 Å². The fourth-order valence-electron chi connectivity index (χ4n) is 3.38. The maximum absolute atomic E-state index is 13.9. The van der Waals surface area contributed by atoms with Gasteiger partial charge in [-0.3, -0.25) is 14.5 Å². The second kappa shape index (κ2) is 10.5. The number of aryl methyl sites for hydroxylation is 1. The smallest absolute Gasteiger partial charge is 0.329 e. The monoisotopic (exact) mass is 537 g/mol. The number of halogens is 2. The number of nitrogens with one attached hydrogen (secondary N) is 2. The fraction of sp³-hybridized carbons (Fsp3) is 0.115. The molecule has 2 N–H and O–H groups in total. The molecule has 4 rings (SSSR count). The Hall–Kier alpha value is -3.98. The number of rotatable bonds is 7. The first-order valence-corrected chi connectivity index (χ1v) is 11.5. The number of nitrogens with zero attached hydrogens (tertiary/aromatic N) is 1. The van der Waals surface area contributed by atoms with Crippen LogP contribution in [-0.2, 0) is 16.1 Å². The zero-order chi connectivity index (χ0) is 24.9. The van der Waals surface area contributed by atoms with Crippen molar-refractivity contribution in [3.05, 3.63) is 99.4 Å². The highest BCUT2D eigenvalue weighted by atomic mass is 79.9. The average molecular weight is 538 g/mol. The van der Waals surface area contributed by atoms with Crippen LogP contribution in [0.25, 0.3) is 6.08 Å². The van der Waals surface area contributed by atoms with Crippen LogP contribution >= 0.6 is 15.9 Å². The predicted octanol–water partition coefficient (Wildman–Crippen LogP) is 5.01. The number of hydrogen-bond acceptors (Lipinski definition) is 4. The molecule has 1 saturated heterocycles. The van der Waals surface area contributed by atoms with Crippen molar-refractivity contribution in [2.45, 2.75) is 13.5 Å². The molecule has 0 saturated carbocycles. The van der Waals surface area contributed by atoms with Crippen molar-refractivity contribution >= 4 is 45.5 Å². The van der Waals surface area contributed by atoms with Gasteiger partial charge in [0.2, 0.25) is 0 Å². The maximum atomic E-state index is 13.9. The first-order valence-electron chi connectivity index (χ1n) is 10.7. The van der Waals surface area contributed by atoms with Crippen molar-refractivity contribution in [3.8, 4) is 5.75 Å². The predicted molar refractivity (Wildman–Crippen MR) is 133 cm³/mol. The molecule has 7 nitrogen and oxygen atoms in total. The summed E-state index contributed by atoms with van der Waals surface area (Å²) in [6.07, 6.45) is 1.51. The molecular weight excluding hydrogens is 517 g/mol. The molecule has 1 fully saturated rings. The minimum Gasteiger partial charge on any atom is -0.483 e. The Morgan fingerprint density at radius 3 is 2.57 bits per heavy atom. The summed E-state index contributed by atoms with van der Waals surface area (Å²) in [5.74, 6) is -0.907. The van der Waals surface area contributed by atoms with Crippen molar-refractivity contribution in [2.24, 2.45) is 0 Å².